The number of hydrogen-bond donors (Lipinski definition) is 1. The van der Waals surface area contributed by atoms with Crippen molar-refractivity contribution in [1.82, 2.24) is 14.3 Å². The van der Waals surface area contributed by atoms with Crippen LogP contribution in [0.3, 0.4) is 0 Å². The lowest BCUT2D eigenvalue weighted by atomic mass is 9.87. The molecule has 2 aromatic rings. The fourth-order valence-electron chi connectivity index (χ4n) is 4.28. The van der Waals surface area contributed by atoms with E-state index in [1.54, 1.807) is 17.2 Å². The highest BCUT2D eigenvalue weighted by atomic mass is 32.2. The number of thioether (sulfide) groups is 1. The van der Waals surface area contributed by atoms with Crippen LogP contribution in [0, 0.1) is 5.92 Å². The third-order valence-electron chi connectivity index (χ3n) is 6.26. The molecule has 170 valence electrons. The van der Waals surface area contributed by atoms with Crippen molar-refractivity contribution in [2.75, 3.05) is 11.9 Å². The minimum absolute atomic E-state index is 0.119. The Morgan fingerprint density at radius 2 is 2.00 bits per heavy atom. The normalized spacial score (nSPS) is 22.8. The topological polar surface area (TPSA) is 66.7 Å². The molecule has 1 saturated heterocycles. The molecule has 0 radical (unpaired) electrons. The SMILES string of the molecule is CCCCCN1C(=O)C(=Cc2c(NC3CCC(C)CC3)nc3ccccn3c2=O)SC1=S. The van der Waals surface area contributed by atoms with Gasteiger partial charge in [-0.25, -0.2) is 4.98 Å². The number of anilines is 1. The van der Waals surface area contributed by atoms with Crippen LogP contribution in [0.4, 0.5) is 5.82 Å². The summed E-state index contributed by atoms with van der Waals surface area (Å²) in [5.41, 5.74) is 0.827. The number of aromatic nitrogens is 2. The summed E-state index contributed by atoms with van der Waals surface area (Å²) < 4.78 is 2.09. The Labute approximate surface area is 198 Å². The molecule has 2 aromatic heterocycles. The van der Waals surface area contributed by atoms with Gasteiger partial charge in [0.2, 0.25) is 0 Å². The fourth-order valence-corrected chi connectivity index (χ4v) is 5.57. The van der Waals surface area contributed by atoms with E-state index in [1.807, 2.05) is 18.2 Å². The van der Waals surface area contributed by atoms with Crippen molar-refractivity contribution in [3.8, 4) is 0 Å². The number of hydrogen-bond acceptors (Lipinski definition) is 6. The van der Waals surface area contributed by atoms with Crippen LogP contribution < -0.4 is 10.9 Å². The Morgan fingerprint density at radius 3 is 2.75 bits per heavy atom. The van der Waals surface area contributed by atoms with E-state index in [9.17, 15) is 9.59 Å². The minimum atomic E-state index is -0.182. The highest BCUT2D eigenvalue weighted by Gasteiger charge is 2.32. The van der Waals surface area contributed by atoms with Gasteiger partial charge >= 0.3 is 0 Å². The van der Waals surface area contributed by atoms with Crippen LogP contribution in [0.25, 0.3) is 11.7 Å². The summed E-state index contributed by atoms with van der Waals surface area (Å²) in [4.78, 5) is 33.3. The molecule has 1 N–H and O–H groups in total. The lowest BCUT2D eigenvalue weighted by Gasteiger charge is -2.27. The average molecular weight is 471 g/mol. The van der Waals surface area contributed by atoms with Crippen molar-refractivity contribution < 1.29 is 4.79 Å². The molecule has 6 nitrogen and oxygen atoms in total. The molecule has 1 saturated carbocycles. The van der Waals surface area contributed by atoms with Crippen molar-refractivity contribution in [3.05, 3.63) is 45.2 Å². The van der Waals surface area contributed by atoms with Crippen molar-refractivity contribution in [2.45, 2.75) is 64.8 Å². The highest BCUT2D eigenvalue weighted by Crippen LogP contribution is 2.34. The molecule has 3 heterocycles. The van der Waals surface area contributed by atoms with Crippen molar-refractivity contribution >= 4 is 51.7 Å². The standard InChI is InChI=1S/C24H30N4O2S2/c1-3-4-6-14-28-23(30)19(32-24(28)31)15-18-21(25-17-11-9-16(2)10-12-17)26-20-8-5-7-13-27(20)22(18)29/h5,7-8,13,15-17,25H,3-4,6,9-12,14H2,1-2H3. The summed E-state index contributed by atoms with van der Waals surface area (Å²) in [6.07, 6.45) is 10.9. The van der Waals surface area contributed by atoms with Crippen molar-refractivity contribution in [1.29, 1.82) is 0 Å². The van der Waals surface area contributed by atoms with Crippen LogP contribution in [-0.4, -0.2) is 37.1 Å². The van der Waals surface area contributed by atoms with Gasteiger partial charge in [0.15, 0.2) is 0 Å². The zero-order valence-electron chi connectivity index (χ0n) is 18.7. The van der Waals surface area contributed by atoms with Crippen LogP contribution in [0.1, 0.15) is 64.4 Å². The number of pyridine rings is 1. The van der Waals surface area contributed by atoms with Gasteiger partial charge in [-0.2, -0.15) is 0 Å². The molecule has 1 amide bonds. The van der Waals surface area contributed by atoms with E-state index in [1.165, 1.54) is 16.2 Å². The second kappa shape index (κ2) is 10.2. The average Bonchev–Trinajstić information content (AvgIpc) is 3.05. The number of unbranched alkanes of at least 4 members (excludes halogenated alkanes) is 2. The molecule has 0 aromatic carbocycles. The predicted octanol–water partition coefficient (Wildman–Crippen LogP) is 5.08. The first-order valence-electron chi connectivity index (χ1n) is 11.5. The smallest absolute Gasteiger partial charge is 0.267 e. The van der Waals surface area contributed by atoms with E-state index in [0.29, 0.717) is 32.8 Å². The molecule has 0 atom stereocenters. The van der Waals surface area contributed by atoms with Crippen LogP contribution >= 0.6 is 24.0 Å². The summed E-state index contributed by atoms with van der Waals surface area (Å²) >= 11 is 6.73. The van der Waals surface area contributed by atoms with Crippen LogP contribution in [0.2, 0.25) is 0 Å². The van der Waals surface area contributed by atoms with E-state index in [2.05, 4.69) is 19.2 Å². The van der Waals surface area contributed by atoms with Gasteiger partial charge in [0.1, 0.15) is 15.8 Å². The molecule has 1 aliphatic carbocycles. The van der Waals surface area contributed by atoms with Crippen molar-refractivity contribution in [3.63, 3.8) is 0 Å². The predicted molar refractivity (Wildman–Crippen MR) is 136 cm³/mol. The maximum Gasteiger partial charge on any atom is 0.267 e. The van der Waals surface area contributed by atoms with Gasteiger partial charge in [-0.3, -0.25) is 18.9 Å². The molecule has 0 bridgehead atoms. The number of carbonyl (C=O) groups excluding carboxylic acids is 1. The van der Waals surface area contributed by atoms with Crippen LogP contribution in [0.15, 0.2) is 34.1 Å². The second-order valence-corrected chi connectivity index (χ2v) is 10.4. The number of nitrogens with zero attached hydrogens (tertiary/aromatic N) is 3. The highest BCUT2D eigenvalue weighted by molar-refractivity contribution is 8.26. The Kier molecular flexibility index (Phi) is 7.30. The number of amides is 1. The molecular weight excluding hydrogens is 440 g/mol. The van der Waals surface area contributed by atoms with Gasteiger partial charge in [0.25, 0.3) is 11.5 Å². The number of rotatable bonds is 7. The summed E-state index contributed by atoms with van der Waals surface area (Å²) in [5.74, 6) is 1.17. The molecule has 0 unspecified atom stereocenters. The number of carbonyl (C=O) groups is 1. The monoisotopic (exact) mass is 470 g/mol. The Bertz CT molecular complexity index is 1100. The van der Waals surface area contributed by atoms with E-state index in [4.69, 9.17) is 17.2 Å². The van der Waals surface area contributed by atoms with Gasteiger partial charge < -0.3 is 5.32 Å². The number of nitrogens with one attached hydrogen (secondary N) is 1. The van der Waals surface area contributed by atoms with Gasteiger partial charge in [-0.1, -0.05) is 56.7 Å². The van der Waals surface area contributed by atoms with Gasteiger partial charge in [-0.05, 0) is 56.2 Å². The summed E-state index contributed by atoms with van der Waals surface area (Å²) in [6, 6.07) is 5.78. The quantitative estimate of drug-likeness (QED) is 0.346. The van der Waals surface area contributed by atoms with Gasteiger partial charge in [-0.15, -0.1) is 0 Å². The van der Waals surface area contributed by atoms with E-state index in [-0.39, 0.29) is 17.5 Å². The third kappa shape index (κ3) is 4.91. The lowest BCUT2D eigenvalue weighted by Crippen LogP contribution is -2.29. The van der Waals surface area contributed by atoms with E-state index < -0.39 is 0 Å². The molecule has 2 aliphatic rings. The molecule has 4 rings (SSSR count). The Morgan fingerprint density at radius 1 is 1.22 bits per heavy atom. The molecule has 0 spiro atoms. The van der Waals surface area contributed by atoms with E-state index >= 15 is 0 Å². The Hall–Kier alpha value is -2.19. The van der Waals surface area contributed by atoms with E-state index in [0.717, 1.165) is 50.9 Å². The van der Waals surface area contributed by atoms with Crippen LogP contribution in [0.5, 0.6) is 0 Å². The molecular formula is C24H30N4O2S2. The second-order valence-electron chi connectivity index (χ2n) is 8.75. The molecule has 1 aliphatic heterocycles. The maximum absolute atomic E-state index is 13.4. The molecule has 8 heteroatoms. The first-order chi connectivity index (χ1) is 15.5. The summed E-state index contributed by atoms with van der Waals surface area (Å²) in [6.45, 7) is 5.03. The summed E-state index contributed by atoms with van der Waals surface area (Å²) in [7, 11) is 0. The summed E-state index contributed by atoms with van der Waals surface area (Å²) in [5, 5.41) is 3.52. The number of thiocarbonyl (C=S) groups is 1. The zero-order valence-corrected chi connectivity index (χ0v) is 20.3. The Balaban J connectivity index is 1.69. The van der Waals surface area contributed by atoms with Crippen LogP contribution in [-0.2, 0) is 4.79 Å². The first-order valence-corrected chi connectivity index (χ1v) is 12.7. The van der Waals surface area contributed by atoms with Gasteiger partial charge in [0.05, 0.1) is 10.5 Å². The fraction of sp³-hybridized carbons (Fsp3) is 0.500. The zero-order chi connectivity index (χ0) is 22.7. The van der Waals surface area contributed by atoms with Crippen molar-refractivity contribution in [2.24, 2.45) is 5.92 Å². The lowest BCUT2D eigenvalue weighted by molar-refractivity contribution is -0.122. The largest absolute Gasteiger partial charge is 0.367 e. The third-order valence-corrected chi connectivity index (χ3v) is 7.64. The number of fused-ring (bicyclic) bond motifs is 1. The molecule has 2 fully saturated rings. The maximum atomic E-state index is 13.4. The minimum Gasteiger partial charge on any atom is -0.367 e. The molecule has 32 heavy (non-hydrogen) atoms. The van der Waals surface area contributed by atoms with Gasteiger partial charge in [0, 0.05) is 18.8 Å². The first kappa shape index (κ1) is 23.0.